The van der Waals surface area contributed by atoms with Gasteiger partial charge in [0.1, 0.15) is 5.78 Å². The number of carbonyl (C=O) groups excluding carboxylic acids is 1. The molecule has 2 heteroatoms. The van der Waals surface area contributed by atoms with E-state index in [0.717, 1.165) is 5.56 Å². The van der Waals surface area contributed by atoms with Crippen LogP contribution in [0.4, 0.5) is 0 Å². The monoisotopic (exact) mass is 171 g/mol. The summed E-state index contributed by atoms with van der Waals surface area (Å²) < 4.78 is 0. The second-order valence-electron chi connectivity index (χ2n) is 3.45. The van der Waals surface area contributed by atoms with E-state index in [1.54, 1.807) is 0 Å². The second kappa shape index (κ2) is 2.70. The van der Waals surface area contributed by atoms with Crippen LogP contribution >= 0.6 is 0 Å². The Morgan fingerprint density at radius 2 is 1.85 bits per heavy atom. The highest BCUT2D eigenvalue weighted by Gasteiger charge is 2.45. The van der Waals surface area contributed by atoms with Gasteiger partial charge in [-0.1, -0.05) is 30.3 Å². The molecule has 1 saturated carbocycles. The lowest BCUT2D eigenvalue weighted by atomic mass is 9.65. The van der Waals surface area contributed by atoms with Gasteiger partial charge in [0.05, 0.1) is 11.5 Å². The first-order valence-corrected chi connectivity index (χ1v) is 4.25. The Kier molecular flexibility index (Phi) is 1.66. The summed E-state index contributed by atoms with van der Waals surface area (Å²) in [6.45, 7) is 0. The highest BCUT2D eigenvalue weighted by Crippen LogP contribution is 2.40. The predicted molar refractivity (Wildman–Crippen MR) is 48.0 cm³/mol. The predicted octanol–water partition coefficient (Wildman–Crippen LogP) is 1.81. The van der Waals surface area contributed by atoms with E-state index in [9.17, 15) is 4.79 Å². The minimum Gasteiger partial charge on any atom is -0.300 e. The molecule has 0 aliphatic heterocycles. The molecule has 0 unspecified atom stereocenters. The van der Waals surface area contributed by atoms with Crippen LogP contribution < -0.4 is 0 Å². The maximum absolute atomic E-state index is 10.9. The average Bonchev–Trinajstić information content (AvgIpc) is 2.14. The normalized spacial score (nSPS) is 18.8. The van der Waals surface area contributed by atoms with E-state index in [-0.39, 0.29) is 5.78 Å². The van der Waals surface area contributed by atoms with Gasteiger partial charge in [-0.2, -0.15) is 5.26 Å². The highest BCUT2D eigenvalue weighted by atomic mass is 16.1. The standard InChI is InChI=1S/C11H9NO/c12-8-11(6-10(13)7-11)9-4-2-1-3-5-9/h1-5H,6-7H2. The summed E-state index contributed by atoms with van der Waals surface area (Å²) in [5.74, 6) is 0.186. The number of hydrogen-bond donors (Lipinski definition) is 0. The molecule has 0 radical (unpaired) electrons. The third kappa shape index (κ3) is 1.13. The molecule has 2 nitrogen and oxygen atoms in total. The van der Waals surface area contributed by atoms with Gasteiger partial charge in [-0.25, -0.2) is 0 Å². The van der Waals surface area contributed by atoms with Gasteiger partial charge in [-0.05, 0) is 5.56 Å². The number of ketones is 1. The topological polar surface area (TPSA) is 40.9 Å². The number of hydrogen-bond acceptors (Lipinski definition) is 2. The molecule has 0 amide bonds. The van der Waals surface area contributed by atoms with Crippen molar-refractivity contribution in [3.63, 3.8) is 0 Å². The zero-order valence-electron chi connectivity index (χ0n) is 7.16. The quantitative estimate of drug-likeness (QED) is 0.646. The van der Waals surface area contributed by atoms with E-state index in [1.165, 1.54) is 0 Å². The van der Waals surface area contributed by atoms with Crippen molar-refractivity contribution in [1.29, 1.82) is 5.26 Å². The molecule has 0 atom stereocenters. The van der Waals surface area contributed by atoms with Gasteiger partial charge in [-0.15, -0.1) is 0 Å². The van der Waals surface area contributed by atoms with Crippen LogP contribution in [0.3, 0.4) is 0 Å². The van der Waals surface area contributed by atoms with Gasteiger partial charge >= 0.3 is 0 Å². The molecular weight excluding hydrogens is 162 g/mol. The van der Waals surface area contributed by atoms with Crippen LogP contribution in [-0.4, -0.2) is 5.78 Å². The molecule has 0 bridgehead atoms. The van der Waals surface area contributed by atoms with Crippen molar-refractivity contribution in [2.24, 2.45) is 0 Å². The van der Waals surface area contributed by atoms with Gasteiger partial charge in [0.25, 0.3) is 0 Å². The Labute approximate surface area is 76.8 Å². The summed E-state index contributed by atoms with van der Waals surface area (Å²) in [6, 6.07) is 11.8. The lowest BCUT2D eigenvalue weighted by Crippen LogP contribution is -2.40. The summed E-state index contributed by atoms with van der Waals surface area (Å²) in [5, 5.41) is 9.01. The third-order valence-corrected chi connectivity index (χ3v) is 2.54. The van der Waals surface area contributed by atoms with Gasteiger partial charge in [0, 0.05) is 12.8 Å². The van der Waals surface area contributed by atoms with Gasteiger partial charge in [0.15, 0.2) is 0 Å². The maximum atomic E-state index is 10.9. The molecule has 1 aromatic rings. The van der Waals surface area contributed by atoms with Crippen LogP contribution in [0.2, 0.25) is 0 Å². The maximum Gasteiger partial charge on any atom is 0.136 e. The number of nitrogens with zero attached hydrogens (tertiary/aromatic N) is 1. The Morgan fingerprint density at radius 3 is 2.31 bits per heavy atom. The van der Waals surface area contributed by atoms with Gasteiger partial charge in [0.2, 0.25) is 0 Å². The first-order chi connectivity index (χ1) is 6.27. The summed E-state index contributed by atoms with van der Waals surface area (Å²) in [5.41, 5.74) is 0.454. The molecule has 0 aromatic heterocycles. The fourth-order valence-corrected chi connectivity index (χ4v) is 1.73. The molecule has 1 aliphatic carbocycles. The number of Topliss-reactive ketones (excluding diaryl/α,β-unsaturated/α-hetero) is 1. The van der Waals surface area contributed by atoms with Gasteiger partial charge in [-0.3, -0.25) is 4.79 Å². The van der Waals surface area contributed by atoms with E-state index in [2.05, 4.69) is 6.07 Å². The minimum absolute atomic E-state index is 0.186. The molecule has 0 heterocycles. The van der Waals surface area contributed by atoms with Crippen LogP contribution in [0, 0.1) is 11.3 Å². The molecule has 0 saturated heterocycles. The van der Waals surface area contributed by atoms with Crippen molar-refractivity contribution < 1.29 is 4.79 Å². The number of nitriles is 1. The molecule has 1 aliphatic rings. The fraction of sp³-hybridized carbons (Fsp3) is 0.273. The van der Waals surface area contributed by atoms with Crippen molar-refractivity contribution in [3.05, 3.63) is 35.9 Å². The van der Waals surface area contributed by atoms with Crippen LogP contribution in [0.15, 0.2) is 30.3 Å². The zero-order valence-corrected chi connectivity index (χ0v) is 7.16. The summed E-state index contributed by atoms with van der Waals surface area (Å²) in [7, 11) is 0. The molecule has 1 fully saturated rings. The Bertz CT molecular complexity index is 367. The van der Waals surface area contributed by atoms with Gasteiger partial charge < -0.3 is 0 Å². The second-order valence-corrected chi connectivity index (χ2v) is 3.45. The zero-order chi connectivity index (χ0) is 9.31. The Hall–Kier alpha value is -1.62. The minimum atomic E-state index is -0.516. The van der Waals surface area contributed by atoms with E-state index < -0.39 is 5.41 Å². The number of carbonyl (C=O) groups is 1. The summed E-state index contributed by atoms with van der Waals surface area (Å²) in [4.78, 5) is 10.9. The van der Waals surface area contributed by atoms with E-state index in [4.69, 9.17) is 5.26 Å². The largest absolute Gasteiger partial charge is 0.300 e. The molecular formula is C11H9NO. The molecule has 64 valence electrons. The summed E-state index contributed by atoms with van der Waals surface area (Å²) >= 11 is 0. The summed E-state index contributed by atoms with van der Waals surface area (Å²) in [6.07, 6.45) is 0.765. The Balaban J connectivity index is 2.36. The Morgan fingerprint density at radius 1 is 1.23 bits per heavy atom. The van der Waals surface area contributed by atoms with Crippen molar-refractivity contribution in [3.8, 4) is 6.07 Å². The molecule has 0 N–H and O–H groups in total. The molecule has 2 rings (SSSR count). The smallest absolute Gasteiger partial charge is 0.136 e. The van der Waals surface area contributed by atoms with Crippen molar-refractivity contribution in [2.75, 3.05) is 0 Å². The number of rotatable bonds is 1. The first-order valence-electron chi connectivity index (χ1n) is 4.25. The van der Waals surface area contributed by atoms with Crippen molar-refractivity contribution >= 4 is 5.78 Å². The fourth-order valence-electron chi connectivity index (χ4n) is 1.73. The molecule has 1 aromatic carbocycles. The van der Waals surface area contributed by atoms with Crippen LogP contribution in [0.1, 0.15) is 18.4 Å². The number of benzene rings is 1. The van der Waals surface area contributed by atoms with Crippen LogP contribution in [0.5, 0.6) is 0 Å². The lowest BCUT2D eigenvalue weighted by molar-refractivity contribution is -0.126. The SMILES string of the molecule is N#CC1(c2ccccc2)CC(=O)C1. The van der Waals surface area contributed by atoms with Crippen molar-refractivity contribution in [2.45, 2.75) is 18.3 Å². The average molecular weight is 171 g/mol. The molecule has 0 spiro atoms. The lowest BCUT2D eigenvalue weighted by Gasteiger charge is -2.33. The van der Waals surface area contributed by atoms with Crippen LogP contribution in [0.25, 0.3) is 0 Å². The van der Waals surface area contributed by atoms with E-state index in [1.807, 2.05) is 30.3 Å². The van der Waals surface area contributed by atoms with Crippen molar-refractivity contribution in [1.82, 2.24) is 0 Å². The third-order valence-electron chi connectivity index (χ3n) is 2.54. The van der Waals surface area contributed by atoms with E-state index in [0.29, 0.717) is 12.8 Å². The van der Waals surface area contributed by atoms with Crippen LogP contribution in [-0.2, 0) is 10.2 Å². The first kappa shape index (κ1) is 8.00. The van der Waals surface area contributed by atoms with E-state index >= 15 is 0 Å². The highest BCUT2D eigenvalue weighted by molar-refractivity contribution is 5.90. The molecule has 13 heavy (non-hydrogen) atoms.